The Hall–Kier alpha value is -1.22. The van der Waals surface area contributed by atoms with Gasteiger partial charge in [0, 0.05) is 22.9 Å². The fourth-order valence-corrected chi connectivity index (χ4v) is 1.35. The van der Waals surface area contributed by atoms with Gasteiger partial charge in [-0.2, -0.15) is 0 Å². The third-order valence-electron chi connectivity index (χ3n) is 1.66. The van der Waals surface area contributed by atoms with E-state index in [1.54, 1.807) is 12.4 Å². The van der Waals surface area contributed by atoms with Crippen LogP contribution in [-0.4, -0.2) is 9.97 Å². The SMILES string of the molecule is Sc1ccccc1-c1ncc[nH]1. The topological polar surface area (TPSA) is 28.7 Å². The number of hydrogen-bond acceptors (Lipinski definition) is 2. The van der Waals surface area contributed by atoms with Gasteiger partial charge in [-0.15, -0.1) is 12.6 Å². The summed E-state index contributed by atoms with van der Waals surface area (Å²) in [6, 6.07) is 7.86. The summed E-state index contributed by atoms with van der Waals surface area (Å²) in [7, 11) is 0. The number of nitrogens with zero attached hydrogens (tertiary/aromatic N) is 1. The molecule has 0 amide bonds. The Labute approximate surface area is 76.1 Å². The average Bonchev–Trinajstić information content (AvgIpc) is 2.57. The van der Waals surface area contributed by atoms with Gasteiger partial charge in [-0.25, -0.2) is 4.98 Å². The molecule has 2 rings (SSSR count). The average molecular weight is 176 g/mol. The van der Waals surface area contributed by atoms with E-state index in [0.29, 0.717) is 0 Å². The Morgan fingerprint density at radius 2 is 2.08 bits per heavy atom. The molecule has 12 heavy (non-hydrogen) atoms. The van der Waals surface area contributed by atoms with Gasteiger partial charge in [-0.1, -0.05) is 18.2 Å². The first kappa shape index (κ1) is 7.43. The molecule has 0 atom stereocenters. The van der Waals surface area contributed by atoms with Crippen LogP contribution in [0.5, 0.6) is 0 Å². The van der Waals surface area contributed by atoms with Gasteiger partial charge in [0.2, 0.25) is 0 Å². The molecular weight excluding hydrogens is 168 g/mol. The zero-order valence-electron chi connectivity index (χ0n) is 6.36. The summed E-state index contributed by atoms with van der Waals surface area (Å²) < 4.78 is 0. The van der Waals surface area contributed by atoms with Crippen molar-refractivity contribution < 1.29 is 0 Å². The lowest BCUT2D eigenvalue weighted by atomic mass is 10.2. The van der Waals surface area contributed by atoms with E-state index in [0.717, 1.165) is 16.3 Å². The summed E-state index contributed by atoms with van der Waals surface area (Å²) >= 11 is 4.32. The molecule has 3 heteroatoms. The van der Waals surface area contributed by atoms with E-state index in [9.17, 15) is 0 Å². The summed E-state index contributed by atoms with van der Waals surface area (Å²) in [4.78, 5) is 8.11. The monoisotopic (exact) mass is 176 g/mol. The van der Waals surface area contributed by atoms with Crippen molar-refractivity contribution in [1.29, 1.82) is 0 Å². The van der Waals surface area contributed by atoms with Crippen molar-refractivity contribution in [2.45, 2.75) is 4.90 Å². The molecule has 1 aromatic carbocycles. The predicted octanol–water partition coefficient (Wildman–Crippen LogP) is 2.37. The number of imidazole rings is 1. The van der Waals surface area contributed by atoms with Crippen LogP contribution in [0.25, 0.3) is 11.4 Å². The third kappa shape index (κ3) is 1.23. The molecule has 0 saturated heterocycles. The number of H-pyrrole nitrogens is 1. The lowest BCUT2D eigenvalue weighted by Gasteiger charge is -1.99. The lowest BCUT2D eigenvalue weighted by Crippen LogP contribution is -1.80. The zero-order chi connectivity index (χ0) is 8.39. The van der Waals surface area contributed by atoms with E-state index >= 15 is 0 Å². The Morgan fingerprint density at radius 3 is 2.75 bits per heavy atom. The second-order valence-electron chi connectivity index (χ2n) is 2.45. The standard InChI is InChI=1S/C9H8N2S/c12-8-4-2-1-3-7(8)9-10-5-6-11-9/h1-6,12H,(H,10,11). The van der Waals surface area contributed by atoms with E-state index in [1.165, 1.54) is 0 Å². The molecule has 0 saturated carbocycles. The molecule has 0 aliphatic rings. The lowest BCUT2D eigenvalue weighted by molar-refractivity contribution is 1.27. The van der Waals surface area contributed by atoms with Crippen molar-refractivity contribution >= 4 is 12.6 Å². The van der Waals surface area contributed by atoms with Gasteiger partial charge in [0.1, 0.15) is 5.82 Å². The maximum Gasteiger partial charge on any atom is 0.138 e. The van der Waals surface area contributed by atoms with Crippen LogP contribution < -0.4 is 0 Å². The number of benzene rings is 1. The van der Waals surface area contributed by atoms with Crippen LogP contribution in [0.15, 0.2) is 41.6 Å². The number of rotatable bonds is 1. The minimum Gasteiger partial charge on any atom is -0.345 e. The fourth-order valence-electron chi connectivity index (χ4n) is 1.09. The van der Waals surface area contributed by atoms with Crippen LogP contribution in [-0.2, 0) is 0 Å². The first-order valence-electron chi connectivity index (χ1n) is 3.65. The molecule has 1 aromatic heterocycles. The highest BCUT2D eigenvalue weighted by molar-refractivity contribution is 7.80. The van der Waals surface area contributed by atoms with Crippen molar-refractivity contribution in [3.05, 3.63) is 36.7 Å². The Morgan fingerprint density at radius 1 is 1.25 bits per heavy atom. The van der Waals surface area contributed by atoms with Crippen LogP contribution in [0.2, 0.25) is 0 Å². The molecular formula is C9H8N2S. The largest absolute Gasteiger partial charge is 0.345 e. The van der Waals surface area contributed by atoms with Crippen LogP contribution in [0.3, 0.4) is 0 Å². The van der Waals surface area contributed by atoms with Crippen molar-refractivity contribution in [2.24, 2.45) is 0 Å². The van der Waals surface area contributed by atoms with Crippen LogP contribution in [0.4, 0.5) is 0 Å². The number of hydrogen-bond donors (Lipinski definition) is 2. The highest BCUT2D eigenvalue weighted by atomic mass is 32.1. The van der Waals surface area contributed by atoms with E-state index in [-0.39, 0.29) is 0 Å². The van der Waals surface area contributed by atoms with Gasteiger partial charge < -0.3 is 4.98 Å². The Balaban J connectivity index is 2.55. The molecule has 2 nitrogen and oxygen atoms in total. The second-order valence-corrected chi connectivity index (χ2v) is 2.94. The number of nitrogens with one attached hydrogen (secondary N) is 1. The van der Waals surface area contributed by atoms with Crippen molar-refractivity contribution in [3.63, 3.8) is 0 Å². The van der Waals surface area contributed by atoms with E-state index in [4.69, 9.17) is 0 Å². The fraction of sp³-hybridized carbons (Fsp3) is 0. The molecule has 0 radical (unpaired) electrons. The van der Waals surface area contributed by atoms with Gasteiger partial charge >= 0.3 is 0 Å². The summed E-state index contributed by atoms with van der Waals surface area (Å²) in [5.41, 5.74) is 1.03. The van der Waals surface area contributed by atoms with Crippen LogP contribution in [0.1, 0.15) is 0 Å². The number of thiol groups is 1. The molecule has 0 unspecified atom stereocenters. The molecule has 1 N–H and O–H groups in total. The third-order valence-corrected chi connectivity index (χ3v) is 2.05. The van der Waals surface area contributed by atoms with Crippen LogP contribution >= 0.6 is 12.6 Å². The van der Waals surface area contributed by atoms with Crippen molar-refractivity contribution in [3.8, 4) is 11.4 Å². The minimum absolute atomic E-state index is 0.862. The Bertz CT molecular complexity index is 368. The highest BCUT2D eigenvalue weighted by Crippen LogP contribution is 2.22. The van der Waals surface area contributed by atoms with Gasteiger partial charge in [0.05, 0.1) is 0 Å². The highest BCUT2D eigenvalue weighted by Gasteiger charge is 2.01. The molecule has 0 bridgehead atoms. The summed E-state index contributed by atoms with van der Waals surface area (Å²) in [6.45, 7) is 0. The van der Waals surface area contributed by atoms with Gasteiger partial charge in [-0.05, 0) is 6.07 Å². The van der Waals surface area contributed by atoms with Crippen LogP contribution in [0, 0.1) is 0 Å². The summed E-state index contributed by atoms with van der Waals surface area (Å²) in [6.07, 6.45) is 3.53. The van der Waals surface area contributed by atoms with Gasteiger partial charge in [-0.3, -0.25) is 0 Å². The minimum atomic E-state index is 0.862. The molecule has 0 fully saturated rings. The maximum absolute atomic E-state index is 4.32. The summed E-state index contributed by atoms with van der Waals surface area (Å²) in [5.74, 6) is 0.862. The molecule has 1 heterocycles. The molecule has 0 aliphatic carbocycles. The first-order valence-corrected chi connectivity index (χ1v) is 4.10. The van der Waals surface area contributed by atoms with Gasteiger partial charge in [0.15, 0.2) is 0 Å². The van der Waals surface area contributed by atoms with Gasteiger partial charge in [0.25, 0.3) is 0 Å². The molecule has 0 aliphatic heterocycles. The van der Waals surface area contributed by atoms with E-state index in [1.807, 2.05) is 24.3 Å². The van der Waals surface area contributed by atoms with Crippen molar-refractivity contribution in [1.82, 2.24) is 9.97 Å². The number of aromatic amines is 1. The molecule has 0 spiro atoms. The maximum atomic E-state index is 4.32. The molecule has 2 aromatic rings. The smallest absolute Gasteiger partial charge is 0.138 e. The Kier molecular flexibility index (Phi) is 1.87. The second kappa shape index (κ2) is 3.03. The van der Waals surface area contributed by atoms with Crippen molar-refractivity contribution in [2.75, 3.05) is 0 Å². The van der Waals surface area contributed by atoms with E-state index < -0.39 is 0 Å². The molecule has 60 valence electrons. The quantitative estimate of drug-likeness (QED) is 0.642. The first-order chi connectivity index (χ1) is 5.88. The normalized spacial score (nSPS) is 10.1. The zero-order valence-corrected chi connectivity index (χ0v) is 7.25. The number of aromatic nitrogens is 2. The van der Waals surface area contributed by atoms with E-state index in [2.05, 4.69) is 22.6 Å². The predicted molar refractivity (Wildman–Crippen MR) is 51.3 cm³/mol. The summed E-state index contributed by atoms with van der Waals surface area (Å²) in [5, 5.41) is 0.